The predicted octanol–water partition coefficient (Wildman–Crippen LogP) is 4.14. The van der Waals surface area contributed by atoms with Crippen LogP contribution in [0.2, 0.25) is 15.2 Å². The van der Waals surface area contributed by atoms with Gasteiger partial charge in [0.05, 0.1) is 29.0 Å². The summed E-state index contributed by atoms with van der Waals surface area (Å²) >= 11 is 18.7. The number of nitrogens with one attached hydrogen (secondary N) is 1. The van der Waals surface area contributed by atoms with Crippen LogP contribution in [0.25, 0.3) is 0 Å². The molecule has 12 nitrogen and oxygen atoms in total. The maximum absolute atomic E-state index is 11.6. The Balaban J connectivity index is 1.78. The first-order valence-corrected chi connectivity index (χ1v) is 10.8. The molecule has 2 aromatic heterocycles. The molecule has 0 spiro atoms. The number of methoxy groups -OCH3 is 1. The number of amides is 1. The number of hydrogen-bond donors (Lipinski definition) is 2. The van der Waals surface area contributed by atoms with E-state index in [1.54, 1.807) is 31.5 Å². The van der Waals surface area contributed by atoms with E-state index >= 15 is 0 Å². The van der Waals surface area contributed by atoms with Crippen LogP contribution in [0.5, 0.6) is 17.4 Å². The van der Waals surface area contributed by atoms with Crippen molar-refractivity contribution in [3.05, 3.63) is 63.0 Å². The van der Waals surface area contributed by atoms with Gasteiger partial charge in [-0.2, -0.15) is 10.4 Å². The number of carbonyl (C=O) groups is 2. The first-order chi connectivity index (χ1) is 17.2. The van der Waals surface area contributed by atoms with E-state index in [4.69, 9.17) is 55.3 Å². The van der Waals surface area contributed by atoms with Gasteiger partial charge in [0.1, 0.15) is 11.8 Å². The molecule has 1 aromatic carbocycles. The number of nitriles is 1. The third kappa shape index (κ3) is 6.92. The predicted molar refractivity (Wildman–Crippen MR) is 130 cm³/mol. The number of hydrogen-bond acceptors (Lipinski definition) is 11. The molecule has 0 bridgehead atoms. The second-order valence-corrected chi connectivity index (χ2v) is 7.80. The van der Waals surface area contributed by atoms with E-state index in [0.29, 0.717) is 23.4 Å². The summed E-state index contributed by atoms with van der Waals surface area (Å²) in [7, 11) is 1.54. The number of halogens is 3. The van der Waals surface area contributed by atoms with Crippen LogP contribution >= 0.6 is 34.8 Å². The lowest BCUT2D eigenvalue weighted by Gasteiger charge is -2.12. The average Bonchev–Trinajstić information content (AvgIpc) is 2.83. The number of carbonyl (C=O) groups excluding carboxylic acids is 2. The fourth-order valence-electron chi connectivity index (χ4n) is 2.60. The van der Waals surface area contributed by atoms with Gasteiger partial charge in [-0.25, -0.2) is 9.59 Å². The number of esters is 1. The molecule has 3 N–H and O–H groups in total. The lowest BCUT2D eigenvalue weighted by molar-refractivity contribution is -0.129. The average molecular weight is 551 g/mol. The Labute approximate surface area is 218 Å². The van der Waals surface area contributed by atoms with Crippen LogP contribution in [0.4, 0.5) is 10.5 Å². The van der Waals surface area contributed by atoms with Gasteiger partial charge in [-0.05, 0) is 24.3 Å². The largest absolute Gasteiger partial charge is 0.495 e. The molecule has 0 radical (unpaired) electrons. The number of benzene rings is 1. The molecule has 15 heteroatoms. The summed E-state index contributed by atoms with van der Waals surface area (Å²) in [5.41, 5.74) is 7.86. The first-order valence-electron chi connectivity index (χ1n) is 9.63. The van der Waals surface area contributed by atoms with Gasteiger partial charge in [-0.1, -0.05) is 34.8 Å². The van der Waals surface area contributed by atoms with Gasteiger partial charge in [0.2, 0.25) is 11.6 Å². The zero-order valence-electron chi connectivity index (χ0n) is 18.2. The molecule has 0 saturated heterocycles. The Kier molecular flexibility index (Phi) is 8.80. The van der Waals surface area contributed by atoms with E-state index in [2.05, 4.69) is 30.4 Å². The molecular weight excluding hydrogens is 537 g/mol. The summed E-state index contributed by atoms with van der Waals surface area (Å²) in [6, 6.07) is 9.28. The molecule has 3 aromatic rings. The molecule has 0 aliphatic carbocycles. The molecule has 0 aliphatic heterocycles. The number of nitrogens with zero attached hydrogens (tertiary/aromatic N) is 5. The van der Waals surface area contributed by atoms with Gasteiger partial charge in [0.25, 0.3) is 0 Å². The molecule has 0 aliphatic rings. The van der Waals surface area contributed by atoms with E-state index in [1.165, 1.54) is 18.2 Å². The number of nitrogens with two attached hydrogens (primary N) is 1. The normalized spacial score (nSPS) is 10.8. The summed E-state index contributed by atoms with van der Waals surface area (Å²) in [5, 5.41) is 20.6. The summed E-state index contributed by atoms with van der Waals surface area (Å²) < 4.78 is 14.9. The lowest BCUT2D eigenvalue weighted by Crippen LogP contribution is -2.24. The summed E-state index contributed by atoms with van der Waals surface area (Å²) in [6.07, 6.45) is 0.537. The third-order valence-corrected chi connectivity index (χ3v) is 5.08. The highest BCUT2D eigenvalue weighted by Crippen LogP contribution is 2.38. The van der Waals surface area contributed by atoms with Crippen LogP contribution in [-0.2, 0) is 16.0 Å². The van der Waals surface area contributed by atoms with Crippen molar-refractivity contribution in [3.63, 3.8) is 0 Å². The van der Waals surface area contributed by atoms with Crippen LogP contribution < -0.4 is 20.6 Å². The fraction of sp³-hybridized carbons (Fsp3) is 0.0952. The maximum Gasteiger partial charge on any atom is 0.412 e. The number of aromatic nitrogens is 3. The SMILES string of the molecule is COc1ccc(Cc2cc(Oc3c(Cl)cc(NN=C(C#N)C(=O)OC(N)=O)cc3Cl)nnc2Cl)nc1. The molecule has 0 atom stereocenters. The number of rotatable bonds is 8. The van der Waals surface area contributed by atoms with Crippen LogP contribution in [0, 0.1) is 11.3 Å². The minimum absolute atomic E-state index is 0.0357. The van der Waals surface area contributed by atoms with E-state index in [9.17, 15) is 9.59 Å². The van der Waals surface area contributed by atoms with Crippen molar-refractivity contribution < 1.29 is 23.8 Å². The van der Waals surface area contributed by atoms with E-state index < -0.39 is 17.8 Å². The zero-order valence-corrected chi connectivity index (χ0v) is 20.4. The highest BCUT2D eigenvalue weighted by Gasteiger charge is 2.17. The first kappa shape index (κ1) is 26.4. The highest BCUT2D eigenvalue weighted by atomic mass is 35.5. The van der Waals surface area contributed by atoms with Gasteiger partial charge in [0.15, 0.2) is 10.9 Å². The summed E-state index contributed by atoms with van der Waals surface area (Å²) in [6.45, 7) is 0. The van der Waals surface area contributed by atoms with E-state index in [1.807, 2.05) is 0 Å². The van der Waals surface area contributed by atoms with E-state index in [-0.39, 0.29) is 32.5 Å². The second-order valence-electron chi connectivity index (χ2n) is 6.63. The van der Waals surface area contributed by atoms with Gasteiger partial charge < -0.3 is 19.9 Å². The molecule has 0 fully saturated rings. The smallest absolute Gasteiger partial charge is 0.412 e. The Hall–Kier alpha value is -4.18. The third-order valence-electron chi connectivity index (χ3n) is 4.20. The molecule has 0 unspecified atom stereocenters. The van der Waals surface area contributed by atoms with E-state index in [0.717, 1.165) is 0 Å². The molecular formula is C21H14Cl3N7O5. The highest BCUT2D eigenvalue weighted by molar-refractivity contribution is 6.44. The number of hydrazone groups is 1. The lowest BCUT2D eigenvalue weighted by atomic mass is 10.1. The van der Waals surface area contributed by atoms with Crippen molar-refractivity contribution in [1.29, 1.82) is 5.26 Å². The molecule has 1 amide bonds. The fourth-order valence-corrected chi connectivity index (χ4v) is 3.33. The molecule has 36 heavy (non-hydrogen) atoms. The molecule has 3 rings (SSSR count). The quantitative estimate of drug-likeness (QED) is 0.179. The van der Waals surface area contributed by atoms with Crippen molar-refractivity contribution >= 4 is 58.3 Å². The summed E-state index contributed by atoms with van der Waals surface area (Å²) in [5.74, 6) is -0.612. The van der Waals surface area contributed by atoms with Crippen molar-refractivity contribution in [2.24, 2.45) is 10.8 Å². The van der Waals surface area contributed by atoms with Crippen molar-refractivity contribution in [3.8, 4) is 23.4 Å². The second kappa shape index (κ2) is 12.0. The Morgan fingerprint density at radius 3 is 2.47 bits per heavy atom. The van der Waals surface area contributed by atoms with Crippen molar-refractivity contribution in [2.75, 3.05) is 12.5 Å². The van der Waals surface area contributed by atoms with Crippen LogP contribution in [0.15, 0.2) is 41.6 Å². The maximum atomic E-state index is 11.6. The molecule has 184 valence electrons. The van der Waals surface area contributed by atoms with Gasteiger partial charge in [-0.3, -0.25) is 10.4 Å². The molecule has 2 heterocycles. The number of ether oxygens (including phenoxy) is 3. The van der Waals surface area contributed by atoms with Crippen LogP contribution in [-0.4, -0.2) is 40.1 Å². The summed E-state index contributed by atoms with van der Waals surface area (Å²) in [4.78, 5) is 26.5. The number of anilines is 1. The monoisotopic (exact) mass is 549 g/mol. The van der Waals surface area contributed by atoms with Gasteiger partial charge in [0, 0.05) is 23.7 Å². The zero-order chi connectivity index (χ0) is 26.2. The number of primary amides is 1. The minimum Gasteiger partial charge on any atom is -0.495 e. The Bertz CT molecular complexity index is 1350. The molecule has 0 saturated carbocycles. The van der Waals surface area contributed by atoms with Gasteiger partial charge >= 0.3 is 12.1 Å². The number of pyridine rings is 1. The van der Waals surface area contributed by atoms with Crippen molar-refractivity contribution in [2.45, 2.75) is 6.42 Å². The Morgan fingerprint density at radius 1 is 1.17 bits per heavy atom. The van der Waals surface area contributed by atoms with Crippen molar-refractivity contribution in [1.82, 2.24) is 15.2 Å². The van der Waals surface area contributed by atoms with Crippen LogP contribution in [0.1, 0.15) is 11.3 Å². The standard InChI is InChI=1S/C21H14Cl3N7O5/c1-34-13-3-2-11(27-9-13)4-10-5-17(30-31-19(10)24)35-18-14(22)6-12(7-15(18)23)28-29-16(8-25)20(32)36-21(26)33/h2-3,5-7,9,28H,4H2,1H3,(H2,26,33). The Morgan fingerprint density at radius 2 is 1.89 bits per heavy atom. The topological polar surface area (TPSA) is 175 Å². The minimum atomic E-state index is -1.38. The van der Waals surface area contributed by atoms with Gasteiger partial charge in [-0.15, -0.1) is 10.2 Å². The van der Waals surface area contributed by atoms with Crippen LogP contribution in [0.3, 0.4) is 0 Å².